The molecule has 3 rings (SSSR count). The summed E-state index contributed by atoms with van der Waals surface area (Å²) in [6, 6.07) is 8.09. The Hall–Kier alpha value is -3.09. The topological polar surface area (TPSA) is 175 Å². The molecule has 2 aromatic rings. The first-order valence-electron chi connectivity index (χ1n) is 9.58. The highest BCUT2D eigenvalue weighted by Crippen LogP contribution is 2.32. The van der Waals surface area contributed by atoms with Gasteiger partial charge in [0.1, 0.15) is 31.0 Å². The van der Waals surface area contributed by atoms with Gasteiger partial charge >= 0.3 is 5.97 Å². The first-order chi connectivity index (χ1) is 15.2. The Morgan fingerprint density at radius 3 is 2.38 bits per heavy atom. The molecule has 0 aliphatic carbocycles. The summed E-state index contributed by atoms with van der Waals surface area (Å²) >= 11 is 0. The zero-order valence-electron chi connectivity index (χ0n) is 17.0. The third-order valence-corrected chi connectivity index (χ3v) is 4.90. The van der Waals surface area contributed by atoms with Gasteiger partial charge in [0.25, 0.3) is 0 Å². The van der Waals surface area contributed by atoms with Gasteiger partial charge < -0.3 is 49.6 Å². The molecular weight excluding hydrogens is 428 g/mol. The summed E-state index contributed by atoms with van der Waals surface area (Å²) in [6.07, 6.45) is -7.19. The van der Waals surface area contributed by atoms with E-state index in [1.165, 1.54) is 31.4 Å². The number of esters is 1. The fourth-order valence-corrected chi connectivity index (χ4v) is 3.07. The van der Waals surface area contributed by atoms with Crippen LogP contribution in [0.2, 0.25) is 0 Å². The van der Waals surface area contributed by atoms with Crippen LogP contribution in [0.25, 0.3) is 0 Å². The van der Waals surface area contributed by atoms with Crippen LogP contribution in [0.1, 0.15) is 15.9 Å². The van der Waals surface area contributed by atoms with E-state index in [4.69, 9.17) is 18.9 Å². The van der Waals surface area contributed by atoms with Crippen molar-refractivity contribution in [3.8, 4) is 23.0 Å². The number of aliphatic hydroxyl groups excluding tert-OH is 4. The summed E-state index contributed by atoms with van der Waals surface area (Å²) < 4.78 is 21.3. The van der Waals surface area contributed by atoms with Crippen molar-refractivity contribution in [3.63, 3.8) is 0 Å². The zero-order chi connectivity index (χ0) is 23.4. The lowest BCUT2D eigenvalue weighted by Gasteiger charge is -2.39. The number of methoxy groups -OCH3 is 1. The Kier molecular flexibility index (Phi) is 7.38. The van der Waals surface area contributed by atoms with E-state index in [0.717, 1.165) is 6.07 Å². The standard InChI is InChI=1S/C21H24O11/c1-29-15-6-10(9-30-20(28)11-3-4-12(23)13(24)7-11)2-5-14(15)31-21-19(27)18(26)17(25)16(8-22)32-21/h2-7,16-19,21-27H,8-9H2,1H3. The number of benzene rings is 2. The highest BCUT2D eigenvalue weighted by Gasteiger charge is 2.44. The van der Waals surface area contributed by atoms with Crippen molar-refractivity contribution in [1.29, 1.82) is 0 Å². The van der Waals surface area contributed by atoms with E-state index < -0.39 is 49.0 Å². The molecule has 1 saturated heterocycles. The predicted molar refractivity (Wildman–Crippen MR) is 106 cm³/mol. The molecule has 1 heterocycles. The van der Waals surface area contributed by atoms with Crippen LogP contribution >= 0.6 is 0 Å². The van der Waals surface area contributed by atoms with Crippen molar-refractivity contribution < 1.29 is 54.4 Å². The van der Waals surface area contributed by atoms with Crippen molar-refractivity contribution in [2.24, 2.45) is 0 Å². The molecule has 0 aromatic heterocycles. The third-order valence-electron chi connectivity index (χ3n) is 4.90. The number of phenols is 2. The molecule has 0 spiro atoms. The summed E-state index contributed by atoms with van der Waals surface area (Å²) in [5, 5.41) is 57.9. The Morgan fingerprint density at radius 1 is 0.969 bits per heavy atom. The molecule has 0 amide bonds. The molecule has 1 aliphatic heterocycles. The summed E-state index contributed by atoms with van der Waals surface area (Å²) in [5.41, 5.74) is 0.578. The molecule has 11 heteroatoms. The lowest BCUT2D eigenvalue weighted by molar-refractivity contribution is -0.277. The van der Waals surface area contributed by atoms with E-state index in [1.807, 2.05) is 0 Å². The first-order valence-corrected chi connectivity index (χ1v) is 9.58. The van der Waals surface area contributed by atoms with Crippen LogP contribution in [0.5, 0.6) is 23.0 Å². The quantitative estimate of drug-likeness (QED) is 0.239. The van der Waals surface area contributed by atoms with E-state index in [2.05, 4.69) is 0 Å². The number of ether oxygens (including phenoxy) is 4. The number of carbonyl (C=O) groups is 1. The van der Waals surface area contributed by atoms with Crippen LogP contribution in [0.3, 0.4) is 0 Å². The number of phenolic OH excluding ortho intramolecular Hbond substituents is 2. The predicted octanol–water partition coefficient (Wildman–Crippen LogP) is -0.358. The van der Waals surface area contributed by atoms with Crippen LogP contribution in [0.4, 0.5) is 0 Å². The maximum atomic E-state index is 12.1. The van der Waals surface area contributed by atoms with Crippen molar-refractivity contribution in [3.05, 3.63) is 47.5 Å². The minimum Gasteiger partial charge on any atom is -0.504 e. The lowest BCUT2D eigenvalue weighted by atomic mass is 9.99. The van der Waals surface area contributed by atoms with Crippen LogP contribution in [-0.4, -0.2) is 81.0 Å². The highest BCUT2D eigenvalue weighted by atomic mass is 16.7. The molecule has 1 fully saturated rings. The van der Waals surface area contributed by atoms with Gasteiger partial charge in [-0.15, -0.1) is 0 Å². The normalized spacial score (nSPS) is 25.2. The van der Waals surface area contributed by atoms with Gasteiger partial charge in [0.2, 0.25) is 6.29 Å². The van der Waals surface area contributed by atoms with Gasteiger partial charge in [-0.2, -0.15) is 0 Å². The molecule has 32 heavy (non-hydrogen) atoms. The number of aromatic hydroxyl groups is 2. The average Bonchev–Trinajstić information content (AvgIpc) is 2.80. The summed E-state index contributed by atoms with van der Waals surface area (Å²) in [7, 11) is 1.37. The Bertz CT molecular complexity index is 945. The Morgan fingerprint density at radius 2 is 1.72 bits per heavy atom. The largest absolute Gasteiger partial charge is 0.504 e. The SMILES string of the molecule is COc1cc(COC(=O)c2ccc(O)c(O)c2)ccc1OC1OC(CO)C(O)C(O)C1O. The summed E-state index contributed by atoms with van der Waals surface area (Å²) in [4.78, 5) is 12.1. The second-order valence-corrected chi connectivity index (χ2v) is 7.08. The molecule has 0 saturated carbocycles. The number of rotatable bonds is 7. The Balaban J connectivity index is 1.67. The van der Waals surface area contributed by atoms with Gasteiger partial charge in [0.05, 0.1) is 19.3 Å². The molecule has 174 valence electrons. The second-order valence-electron chi connectivity index (χ2n) is 7.08. The van der Waals surface area contributed by atoms with Crippen LogP contribution in [-0.2, 0) is 16.1 Å². The first kappa shape index (κ1) is 23.6. The minimum absolute atomic E-state index is 0.0508. The highest BCUT2D eigenvalue weighted by molar-refractivity contribution is 5.90. The van der Waals surface area contributed by atoms with Gasteiger partial charge in [0, 0.05) is 0 Å². The average molecular weight is 452 g/mol. The van der Waals surface area contributed by atoms with Crippen LogP contribution in [0, 0.1) is 0 Å². The summed E-state index contributed by atoms with van der Waals surface area (Å²) in [6.45, 7) is -0.734. The molecule has 5 unspecified atom stereocenters. The minimum atomic E-state index is -1.59. The molecule has 5 atom stereocenters. The van der Waals surface area contributed by atoms with Gasteiger partial charge in [-0.25, -0.2) is 4.79 Å². The van der Waals surface area contributed by atoms with Gasteiger partial charge in [0.15, 0.2) is 23.0 Å². The van der Waals surface area contributed by atoms with Crippen molar-refractivity contribution >= 4 is 5.97 Å². The fraction of sp³-hybridized carbons (Fsp3) is 0.381. The number of hydrogen-bond acceptors (Lipinski definition) is 11. The van der Waals surface area contributed by atoms with Gasteiger partial charge in [-0.05, 0) is 35.9 Å². The Labute approximate surface area is 182 Å². The van der Waals surface area contributed by atoms with Gasteiger partial charge in [-0.1, -0.05) is 6.07 Å². The zero-order valence-corrected chi connectivity index (χ0v) is 17.0. The van der Waals surface area contributed by atoms with Crippen LogP contribution in [0.15, 0.2) is 36.4 Å². The van der Waals surface area contributed by atoms with Crippen LogP contribution < -0.4 is 9.47 Å². The summed E-state index contributed by atoms with van der Waals surface area (Å²) in [5.74, 6) is -1.19. The van der Waals surface area contributed by atoms with Crippen molar-refractivity contribution in [2.45, 2.75) is 37.3 Å². The molecule has 11 nitrogen and oxygen atoms in total. The number of carbonyl (C=O) groups excluding carboxylic acids is 1. The smallest absolute Gasteiger partial charge is 0.338 e. The molecular formula is C21H24O11. The molecule has 6 N–H and O–H groups in total. The van der Waals surface area contributed by atoms with E-state index in [-0.39, 0.29) is 29.4 Å². The van der Waals surface area contributed by atoms with Gasteiger partial charge in [-0.3, -0.25) is 0 Å². The van der Waals surface area contributed by atoms with Crippen molar-refractivity contribution in [2.75, 3.05) is 13.7 Å². The monoisotopic (exact) mass is 452 g/mol. The lowest BCUT2D eigenvalue weighted by Crippen LogP contribution is -2.60. The van der Waals surface area contributed by atoms with E-state index in [1.54, 1.807) is 6.07 Å². The number of hydrogen-bond donors (Lipinski definition) is 6. The molecule has 2 aromatic carbocycles. The second kappa shape index (κ2) is 10.0. The maximum Gasteiger partial charge on any atom is 0.338 e. The van der Waals surface area contributed by atoms with Crippen molar-refractivity contribution in [1.82, 2.24) is 0 Å². The van der Waals surface area contributed by atoms with E-state index in [9.17, 15) is 35.4 Å². The third kappa shape index (κ3) is 5.03. The number of aliphatic hydroxyl groups is 4. The molecule has 1 aliphatic rings. The molecule has 0 bridgehead atoms. The van der Waals surface area contributed by atoms with E-state index in [0.29, 0.717) is 5.56 Å². The fourth-order valence-electron chi connectivity index (χ4n) is 3.07. The maximum absolute atomic E-state index is 12.1. The van der Waals surface area contributed by atoms with E-state index >= 15 is 0 Å². The molecule has 0 radical (unpaired) electrons.